The summed E-state index contributed by atoms with van der Waals surface area (Å²) < 4.78 is 0. The zero-order chi connectivity index (χ0) is 10.6. The molecule has 76 valence electrons. The Morgan fingerprint density at radius 2 is 1.77 bits per heavy atom. The SMILES string of the molecule is C[C@H](O)CC(=O)CC(=O)C(C)(C)C. The number of aliphatic hydroxyl groups excluding tert-OH is 1. The molecule has 0 aromatic rings. The fourth-order valence-corrected chi connectivity index (χ4v) is 0.846. The molecule has 1 N–H and O–H groups in total. The molecular formula is C10H18O3. The maximum Gasteiger partial charge on any atom is 0.145 e. The van der Waals surface area contributed by atoms with Crippen LogP contribution in [0, 0.1) is 5.41 Å². The summed E-state index contributed by atoms with van der Waals surface area (Å²) in [5.74, 6) is -0.256. The average molecular weight is 186 g/mol. The molecular weight excluding hydrogens is 168 g/mol. The topological polar surface area (TPSA) is 54.4 Å². The molecule has 0 fully saturated rings. The average Bonchev–Trinajstić information content (AvgIpc) is 1.82. The zero-order valence-corrected chi connectivity index (χ0v) is 8.76. The van der Waals surface area contributed by atoms with E-state index in [4.69, 9.17) is 5.11 Å². The Bertz CT molecular complexity index is 199. The number of carbonyl (C=O) groups is 2. The Balaban J connectivity index is 4.01. The van der Waals surface area contributed by atoms with Crippen molar-refractivity contribution >= 4 is 11.6 Å². The molecule has 0 amide bonds. The third kappa shape index (κ3) is 5.53. The van der Waals surface area contributed by atoms with Crippen LogP contribution in [0.25, 0.3) is 0 Å². The molecule has 0 aliphatic carbocycles. The van der Waals surface area contributed by atoms with E-state index in [1.54, 1.807) is 27.7 Å². The number of carbonyl (C=O) groups excluding carboxylic acids is 2. The fraction of sp³-hybridized carbons (Fsp3) is 0.800. The molecule has 0 heterocycles. The van der Waals surface area contributed by atoms with Gasteiger partial charge in [-0.25, -0.2) is 0 Å². The maximum atomic E-state index is 11.4. The molecule has 0 spiro atoms. The standard InChI is InChI=1S/C10H18O3/c1-7(11)5-8(12)6-9(13)10(2,3)4/h7,11H,5-6H2,1-4H3/t7-/m0/s1. The molecule has 0 aromatic heterocycles. The minimum atomic E-state index is -0.653. The summed E-state index contributed by atoms with van der Waals surface area (Å²) in [7, 11) is 0. The number of rotatable bonds is 4. The molecule has 0 saturated heterocycles. The molecule has 0 aromatic carbocycles. The molecule has 0 radical (unpaired) electrons. The molecule has 0 aliphatic heterocycles. The van der Waals surface area contributed by atoms with E-state index in [-0.39, 0.29) is 24.4 Å². The summed E-state index contributed by atoms with van der Waals surface area (Å²) in [6, 6.07) is 0. The summed E-state index contributed by atoms with van der Waals surface area (Å²) >= 11 is 0. The molecule has 3 heteroatoms. The van der Waals surface area contributed by atoms with Crippen LogP contribution >= 0.6 is 0 Å². The van der Waals surface area contributed by atoms with E-state index in [1.807, 2.05) is 0 Å². The van der Waals surface area contributed by atoms with E-state index in [0.717, 1.165) is 0 Å². The predicted octanol–water partition coefficient (Wildman–Crippen LogP) is 1.33. The second-order valence-electron chi connectivity index (χ2n) is 4.44. The highest BCUT2D eigenvalue weighted by Gasteiger charge is 2.23. The van der Waals surface area contributed by atoms with Gasteiger partial charge < -0.3 is 5.11 Å². The van der Waals surface area contributed by atoms with Gasteiger partial charge in [-0.1, -0.05) is 20.8 Å². The van der Waals surface area contributed by atoms with Gasteiger partial charge >= 0.3 is 0 Å². The number of Topliss-reactive ketones (excluding diaryl/α,β-unsaturated/α-hetero) is 2. The highest BCUT2D eigenvalue weighted by atomic mass is 16.3. The molecule has 3 nitrogen and oxygen atoms in total. The highest BCUT2D eigenvalue weighted by Crippen LogP contribution is 2.17. The third-order valence-electron chi connectivity index (χ3n) is 1.72. The number of hydrogen-bond donors (Lipinski definition) is 1. The van der Waals surface area contributed by atoms with Crippen LogP contribution in [0.5, 0.6) is 0 Å². The van der Waals surface area contributed by atoms with Crippen molar-refractivity contribution < 1.29 is 14.7 Å². The summed E-state index contributed by atoms with van der Waals surface area (Å²) in [4.78, 5) is 22.5. The largest absolute Gasteiger partial charge is 0.393 e. The zero-order valence-electron chi connectivity index (χ0n) is 8.76. The Hall–Kier alpha value is -0.700. The molecule has 0 rings (SSSR count). The molecule has 0 unspecified atom stereocenters. The van der Waals surface area contributed by atoms with Gasteiger partial charge in [0.05, 0.1) is 12.5 Å². The molecule has 0 saturated carbocycles. The second-order valence-corrected chi connectivity index (χ2v) is 4.44. The number of ketones is 2. The Labute approximate surface area is 79.1 Å². The first-order valence-corrected chi connectivity index (χ1v) is 4.46. The van der Waals surface area contributed by atoms with E-state index in [1.165, 1.54) is 0 Å². The van der Waals surface area contributed by atoms with Crippen LogP contribution in [-0.4, -0.2) is 22.8 Å². The van der Waals surface area contributed by atoms with Gasteiger partial charge in [0.15, 0.2) is 0 Å². The first kappa shape index (κ1) is 12.3. The summed E-state index contributed by atoms with van der Waals surface area (Å²) in [6.07, 6.45) is -0.642. The first-order valence-electron chi connectivity index (χ1n) is 4.46. The van der Waals surface area contributed by atoms with Gasteiger partial charge in [0.2, 0.25) is 0 Å². The van der Waals surface area contributed by atoms with E-state index < -0.39 is 11.5 Å². The van der Waals surface area contributed by atoms with Gasteiger partial charge in [-0.2, -0.15) is 0 Å². The van der Waals surface area contributed by atoms with Crippen molar-refractivity contribution in [2.75, 3.05) is 0 Å². The van der Waals surface area contributed by atoms with Gasteiger partial charge in [0.25, 0.3) is 0 Å². The van der Waals surface area contributed by atoms with Gasteiger partial charge in [-0.3, -0.25) is 9.59 Å². The molecule has 0 bridgehead atoms. The van der Waals surface area contributed by atoms with Gasteiger partial charge in [0.1, 0.15) is 11.6 Å². The lowest BCUT2D eigenvalue weighted by Gasteiger charge is -2.15. The van der Waals surface area contributed by atoms with Gasteiger partial charge in [-0.15, -0.1) is 0 Å². The highest BCUT2D eigenvalue weighted by molar-refractivity contribution is 6.01. The van der Waals surface area contributed by atoms with Crippen molar-refractivity contribution in [3.63, 3.8) is 0 Å². The van der Waals surface area contributed by atoms with E-state index >= 15 is 0 Å². The van der Waals surface area contributed by atoms with Crippen molar-refractivity contribution in [3.8, 4) is 0 Å². The number of hydrogen-bond acceptors (Lipinski definition) is 3. The third-order valence-corrected chi connectivity index (χ3v) is 1.72. The van der Waals surface area contributed by atoms with Gasteiger partial charge in [-0.05, 0) is 6.92 Å². The summed E-state index contributed by atoms with van der Waals surface area (Å²) in [5.41, 5.74) is -0.464. The van der Waals surface area contributed by atoms with Gasteiger partial charge in [0, 0.05) is 11.8 Å². The minimum Gasteiger partial charge on any atom is -0.393 e. The van der Waals surface area contributed by atoms with E-state index in [0.29, 0.717) is 0 Å². The molecule has 13 heavy (non-hydrogen) atoms. The monoisotopic (exact) mass is 186 g/mol. The van der Waals surface area contributed by atoms with Crippen molar-refractivity contribution in [2.24, 2.45) is 5.41 Å². The first-order chi connectivity index (χ1) is 5.73. The lowest BCUT2D eigenvalue weighted by atomic mass is 9.87. The Morgan fingerprint density at radius 1 is 1.31 bits per heavy atom. The summed E-state index contributed by atoms with van der Waals surface area (Å²) in [6.45, 7) is 6.89. The lowest BCUT2D eigenvalue weighted by Crippen LogP contribution is -2.24. The van der Waals surface area contributed by atoms with Crippen LogP contribution in [0.4, 0.5) is 0 Å². The van der Waals surface area contributed by atoms with E-state index in [9.17, 15) is 9.59 Å². The predicted molar refractivity (Wildman–Crippen MR) is 50.4 cm³/mol. The minimum absolute atomic E-state index is 0.0611. The van der Waals surface area contributed by atoms with Crippen LogP contribution in [0.15, 0.2) is 0 Å². The quantitative estimate of drug-likeness (QED) is 0.674. The van der Waals surface area contributed by atoms with Crippen molar-refractivity contribution in [2.45, 2.75) is 46.6 Å². The van der Waals surface area contributed by atoms with Crippen molar-refractivity contribution in [1.82, 2.24) is 0 Å². The van der Waals surface area contributed by atoms with Crippen molar-refractivity contribution in [3.05, 3.63) is 0 Å². The Morgan fingerprint density at radius 3 is 2.08 bits per heavy atom. The second kappa shape index (κ2) is 4.51. The lowest BCUT2D eigenvalue weighted by molar-refractivity contribution is -0.132. The van der Waals surface area contributed by atoms with Crippen LogP contribution in [0.2, 0.25) is 0 Å². The summed E-state index contributed by atoms with van der Waals surface area (Å²) in [5, 5.41) is 8.91. The van der Waals surface area contributed by atoms with Crippen LogP contribution < -0.4 is 0 Å². The van der Waals surface area contributed by atoms with Crippen LogP contribution in [0.1, 0.15) is 40.5 Å². The van der Waals surface area contributed by atoms with Crippen LogP contribution in [0.3, 0.4) is 0 Å². The normalized spacial score (nSPS) is 13.9. The molecule has 0 aliphatic rings. The fourth-order valence-electron chi connectivity index (χ4n) is 0.846. The number of aliphatic hydroxyl groups is 1. The Kier molecular flexibility index (Phi) is 4.27. The van der Waals surface area contributed by atoms with Crippen LogP contribution in [-0.2, 0) is 9.59 Å². The maximum absolute atomic E-state index is 11.4. The van der Waals surface area contributed by atoms with E-state index in [2.05, 4.69) is 0 Å². The molecule has 1 atom stereocenters. The van der Waals surface area contributed by atoms with Crippen molar-refractivity contribution in [1.29, 1.82) is 0 Å². The smallest absolute Gasteiger partial charge is 0.145 e.